The van der Waals surface area contributed by atoms with E-state index in [4.69, 9.17) is 14.2 Å². The fourth-order valence-corrected chi connectivity index (χ4v) is 2.13. The second-order valence-corrected chi connectivity index (χ2v) is 5.05. The minimum absolute atomic E-state index is 0.0542. The Bertz CT molecular complexity index is 777. The quantitative estimate of drug-likeness (QED) is 0.849. The van der Waals surface area contributed by atoms with Crippen LogP contribution in [0.25, 0.3) is 0 Å². The number of benzene rings is 2. The number of rotatable bonds is 5. The summed E-state index contributed by atoms with van der Waals surface area (Å²) in [4.78, 5) is 23.4. The van der Waals surface area contributed by atoms with Gasteiger partial charge >= 0.3 is 5.97 Å². The van der Waals surface area contributed by atoms with Gasteiger partial charge in [0.05, 0.1) is 5.56 Å². The predicted molar refractivity (Wildman–Crippen MR) is 81.1 cm³/mol. The molecular weight excluding hydrogens is 317 g/mol. The Kier molecular flexibility index (Phi) is 4.60. The summed E-state index contributed by atoms with van der Waals surface area (Å²) in [6.45, 7) is -0.00589. The third-order valence-electron chi connectivity index (χ3n) is 3.32. The number of ether oxygens (including phenoxy) is 3. The molecule has 2 aromatic carbocycles. The molecule has 0 unspecified atom stereocenters. The number of esters is 1. The van der Waals surface area contributed by atoms with Crippen molar-refractivity contribution in [1.29, 1.82) is 0 Å². The fourth-order valence-electron chi connectivity index (χ4n) is 2.13. The Balaban J connectivity index is 1.47. The Hall–Kier alpha value is -3.09. The lowest BCUT2D eigenvalue weighted by Gasteiger charge is -2.07. The van der Waals surface area contributed by atoms with E-state index >= 15 is 0 Å². The van der Waals surface area contributed by atoms with Gasteiger partial charge in [-0.25, -0.2) is 9.18 Å². The van der Waals surface area contributed by atoms with Crippen LogP contribution in [0.4, 0.5) is 4.39 Å². The highest BCUT2D eigenvalue weighted by Gasteiger charge is 2.14. The molecule has 1 aliphatic rings. The molecule has 1 aliphatic heterocycles. The summed E-state index contributed by atoms with van der Waals surface area (Å²) in [6, 6.07) is 10.4. The molecule has 0 aromatic heterocycles. The molecule has 0 bridgehead atoms. The molecule has 0 aliphatic carbocycles. The van der Waals surface area contributed by atoms with Gasteiger partial charge in [0, 0.05) is 6.54 Å². The van der Waals surface area contributed by atoms with Crippen LogP contribution in [0, 0.1) is 5.82 Å². The molecule has 6 nitrogen and oxygen atoms in total. The average molecular weight is 331 g/mol. The topological polar surface area (TPSA) is 73.9 Å². The van der Waals surface area contributed by atoms with Crippen molar-refractivity contribution in [2.24, 2.45) is 0 Å². The lowest BCUT2D eigenvalue weighted by Crippen LogP contribution is -2.28. The molecule has 1 amide bonds. The van der Waals surface area contributed by atoms with Crippen molar-refractivity contribution >= 4 is 11.9 Å². The molecular formula is C17H14FNO5. The van der Waals surface area contributed by atoms with Crippen molar-refractivity contribution in [3.63, 3.8) is 0 Å². The fraction of sp³-hybridized carbons (Fsp3) is 0.176. The minimum atomic E-state index is -0.757. The van der Waals surface area contributed by atoms with Crippen LogP contribution >= 0.6 is 0 Å². The number of carbonyl (C=O) groups excluding carboxylic acids is 2. The smallest absolute Gasteiger partial charge is 0.338 e. The van der Waals surface area contributed by atoms with Gasteiger partial charge in [0.15, 0.2) is 18.1 Å². The highest BCUT2D eigenvalue weighted by Crippen LogP contribution is 2.32. The average Bonchev–Trinajstić information content (AvgIpc) is 3.05. The first kappa shape index (κ1) is 15.8. The maximum absolute atomic E-state index is 13.0. The SMILES string of the molecule is O=C(COC(=O)c1cccc(F)c1)NCc1ccc2c(c1)OCO2. The lowest BCUT2D eigenvalue weighted by atomic mass is 10.2. The molecule has 3 rings (SSSR count). The van der Waals surface area contributed by atoms with Crippen molar-refractivity contribution in [2.75, 3.05) is 13.4 Å². The number of halogens is 1. The Labute approximate surface area is 137 Å². The summed E-state index contributed by atoms with van der Waals surface area (Å²) in [6.07, 6.45) is 0. The largest absolute Gasteiger partial charge is 0.454 e. The van der Waals surface area contributed by atoms with Crippen LogP contribution in [0.15, 0.2) is 42.5 Å². The van der Waals surface area contributed by atoms with Gasteiger partial charge in [-0.15, -0.1) is 0 Å². The summed E-state index contributed by atoms with van der Waals surface area (Å²) in [5.41, 5.74) is 0.877. The van der Waals surface area contributed by atoms with Crippen molar-refractivity contribution in [3.8, 4) is 11.5 Å². The van der Waals surface area contributed by atoms with E-state index in [-0.39, 0.29) is 18.9 Å². The highest BCUT2D eigenvalue weighted by atomic mass is 19.1. The zero-order chi connectivity index (χ0) is 16.9. The molecule has 1 heterocycles. The number of nitrogens with one attached hydrogen (secondary N) is 1. The van der Waals surface area contributed by atoms with Gasteiger partial charge in [0.1, 0.15) is 5.82 Å². The number of hydrogen-bond acceptors (Lipinski definition) is 5. The van der Waals surface area contributed by atoms with Crippen molar-refractivity contribution in [2.45, 2.75) is 6.54 Å². The standard InChI is InChI=1S/C17H14FNO5/c18-13-3-1-2-12(7-13)17(21)22-9-16(20)19-8-11-4-5-14-15(6-11)24-10-23-14/h1-7H,8-10H2,(H,19,20). The van der Waals surface area contributed by atoms with Crippen LogP contribution in [0.1, 0.15) is 15.9 Å². The zero-order valence-corrected chi connectivity index (χ0v) is 12.6. The summed E-state index contributed by atoms with van der Waals surface area (Å²) < 4.78 is 28.3. The van der Waals surface area contributed by atoms with E-state index in [2.05, 4.69) is 5.32 Å². The minimum Gasteiger partial charge on any atom is -0.454 e. The Morgan fingerprint density at radius 2 is 1.96 bits per heavy atom. The van der Waals surface area contributed by atoms with E-state index in [0.717, 1.165) is 11.6 Å². The Morgan fingerprint density at radius 3 is 2.79 bits per heavy atom. The van der Waals surface area contributed by atoms with Gasteiger partial charge in [-0.05, 0) is 35.9 Å². The first-order valence-electron chi connectivity index (χ1n) is 7.20. The van der Waals surface area contributed by atoms with Gasteiger partial charge in [-0.2, -0.15) is 0 Å². The Morgan fingerprint density at radius 1 is 1.12 bits per heavy atom. The van der Waals surface area contributed by atoms with E-state index in [1.807, 2.05) is 0 Å². The van der Waals surface area contributed by atoms with Crippen molar-refractivity contribution in [1.82, 2.24) is 5.32 Å². The van der Waals surface area contributed by atoms with E-state index in [0.29, 0.717) is 11.5 Å². The highest BCUT2D eigenvalue weighted by molar-refractivity contribution is 5.91. The molecule has 24 heavy (non-hydrogen) atoms. The molecule has 0 radical (unpaired) electrons. The number of carbonyl (C=O) groups is 2. The number of fused-ring (bicyclic) bond motifs is 1. The molecule has 1 N–H and O–H groups in total. The predicted octanol–water partition coefficient (Wildman–Crippen LogP) is 2.03. The van der Waals surface area contributed by atoms with E-state index < -0.39 is 24.3 Å². The molecule has 0 saturated carbocycles. The molecule has 0 saturated heterocycles. The van der Waals surface area contributed by atoms with Crippen LogP contribution < -0.4 is 14.8 Å². The third kappa shape index (κ3) is 3.81. The van der Waals surface area contributed by atoms with Crippen molar-refractivity contribution < 1.29 is 28.2 Å². The number of hydrogen-bond donors (Lipinski definition) is 1. The van der Waals surface area contributed by atoms with Gasteiger partial charge in [0.2, 0.25) is 6.79 Å². The van der Waals surface area contributed by atoms with Gasteiger partial charge < -0.3 is 19.5 Å². The summed E-state index contributed by atoms with van der Waals surface area (Å²) >= 11 is 0. The normalized spacial score (nSPS) is 11.9. The van der Waals surface area contributed by atoms with E-state index in [1.54, 1.807) is 18.2 Å². The molecule has 0 spiro atoms. The molecule has 2 aromatic rings. The van der Waals surface area contributed by atoms with Crippen LogP contribution in [-0.2, 0) is 16.1 Å². The maximum Gasteiger partial charge on any atom is 0.338 e. The lowest BCUT2D eigenvalue weighted by molar-refractivity contribution is -0.124. The summed E-state index contributed by atoms with van der Waals surface area (Å²) in [7, 11) is 0. The van der Waals surface area contributed by atoms with Crippen LogP contribution in [0.5, 0.6) is 11.5 Å². The van der Waals surface area contributed by atoms with Gasteiger partial charge in [-0.3, -0.25) is 4.79 Å². The molecule has 0 atom stereocenters. The molecule has 124 valence electrons. The van der Waals surface area contributed by atoms with E-state index in [1.165, 1.54) is 18.2 Å². The van der Waals surface area contributed by atoms with Crippen LogP contribution in [0.2, 0.25) is 0 Å². The first-order chi connectivity index (χ1) is 11.6. The maximum atomic E-state index is 13.0. The third-order valence-corrected chi connectivity index (χ3v) is 3.32. The second kappa shape index (κ2) is 6.99. The number of amides is 1. The second-order valence-electron chi connectivity index (χ2n) is 5.05. The van der Waals surface area contributed by atoms with Gasteiger partial charge in [0.25, 0.3) is 5.91 Å². The molecule has 7 heteroatoms. The van der Waals surface area contributed by atoms with E-state index in [9.17, 15) is 14.0 Å². The zero-order valence-electron chi connectivity index (χ0n) is 12.6. The van der Waals surface area contributed by atoms with Crippen LogP contribution in [0.3, 0.4) is 0 Å². The van der Waals surface area contributed by atoms with Gasteiger partial charge in [-0.1, -0.05) is 12.1 Å². The molecule has 0 fully saturated rings. The van der Waals surface area contributed by atoms with Crippen LogP contribution in [-0.4, -0.2) is 25.3 Å². The summed E-state index contributed by atoms with van der Waals surface area (Å²) in [5.74, 6) is -0.477. The first-order valence-corrected chi connectivity index (χ1v) is 7.20. The monoisotopic (exact) mass is 331 g/mol. The summed E-state index contributed by atoms with van der Waals surface area (Å²) in [5, 5.41) is 2.62. The van der Waals surface area contributed by atoms with Crippen molar-refractivity contribution in [3.05, 3.63) is 59.4 Å².